The van der Waals surface area contributed by atoms with Crippen LogP contribution in [0.15, 0.2) is 36.4 Å². The van der Waals surface area contributed by atoms with Gasteiger partial charge in [0.25, 0.3) is 0 Å². The van der Waals surface area contributed by atoms with Crippen LogP contribution in [0.2, 0.25) is 0 Å². The van der Waals surface area contributed by atoms with E-state index in [1.54, 1.807) is 32.1 Å². The maximum absolute atomic E-state index is 11.4. The van der Waals surface area contributed by atoms with Crippen molar-refractivity contribution in [2.75, 3.05) is 11.5 Å². The van der Waals surface area contributed by atoms with Gasteiger partial charge in [0.1, 0.15) is 0 Å². The van der Waals surface area contributed by atoms with Crippen molar-refractivity contribution in [2.45, 2.75) is 97.5 Å². The van der Waals surface area contributed by atoms with Gasteiger partial charge in [-0.15, -0.1) is 0 Å². The SMILES string of the molecule is C1CC2CCC1C2.CC.CC.CCCS(=O)(=O)C(F)(F)F.CCCS(=O)(=O)C(F)(F)F.c1ccccc1. The Morgan fingerprint density at radius 2 is 0.784 bits per heavy atom. The highest BCUT2D eigenvalue weighted by Gasteiger charge is 2.45. The summed E-state index contributed by atoms with van der Waals surface area (Å²) in [7, 11) is -9.70. The van der Waals surface area contributed by atoms with E-state index >= 15 is 0 Å². The number of fused-ring (bicyclic) bond motifs is 2. The number of sulfone groups is 2. The van der Waals surface area contributed by atoms with Crippen molar-refractivity contribution in [3.05, 3.63) is 36.4 Å². The van der Waals surface area contributed by atoms with Crippen LogP contribution < -0.4 is 0 Å². The molecule has 0 amide bonds. The summed E-state index contributed by atoms with van der Waals surface area (Å²) < 4.78 is 109. The highest BCUT2D eigenvalue weighted by Crippen LogP contribution is 2.43. The Balaban J connectivity index is -0.000000403. The predicted molar refractivity (Wildman–Crippen MR) is 139 cm³/mol. The van der Waals surface area contributed by atoms with E-state index < -0.39 is 42.2 Å². The minimum absolute atomic E-state index is 0.0121. The first-order valence-corrected chi connectivity index (χ1v) is 16.0. The maximum Gasteiger partial charge on any atom is 0.497 e. The predicted octanol–water partition coefficient (Wildman–Crippen LogP) is 8.60. The second-order valence-corrected chi connectivity index (χ2v) is 12.0. The van der Waals surface area contributed by atoms with Gasteiger partial charge in [0.15, 0.2) is 0 Å². The number of benzene rings is 1. The third-order valence-corrected chi connectivity index (χ3v) is 8.25. The lowest BCUT2D eigenvalue weighted by Crippen LogP contribution is -2.25. The van der Waals surface area contributed by atoms with Crippen LogP contribution in [0.3, 0.4) is 0 Å². The van der Waals surface area contributed by atoms with E-state index in [4.69, 9.17) is 0 Å². The van der Waals surface area contributed by atoms with Crippen LogP contribution in [-0.2, 0) is 19.7 Å². The third kappa shape index (κ3) is 18.6. The normalized spacial score (nSPS) is 18.1. The fourth-order valence-electron chi connectivity index (χ4n) is 3.33. The van der Waals surface area contributed by atoms with Crippen LogP contribution in [0.25, 0.3) is 0 Å². The Morgan fingerprint density at radius 3 is 0.865 bits per heavy atom. The highest BCUT2D eigenvalue weighted by molar-refractivity contribution is 7.92. The van der Waals surface area contributed by atoms with Crippen LogP contribution >= 0.6 is 0 Å². The molecule has 0 atom stereocenters. The molecule has 4 nitrogen and oxygen atoms in total. The van der Waals surface area contributed by atoms with Crippen LogP contribution in [0.1, 0.15) is 86.5 Å². The summed E-state index contributed by atoms with van der Waals surface area (Å²) in [4.78, 5) is 0. The van der Waals surface area contributed by atoms with Crippen LogP contribution in [0.4, 0.5) is 26.3 Å². The fraction of sp³-hybridized carbons (Fsp3) is 0.760. The first-order chi connectivity index (χ1) is 17.1. The lowest BCUT2D eigenvalue weighted by atomic mass is 10.0. The Morgan fingerprint density at radius 1 is 0.568 bits per heavy atom. The van der Waals surface area contributed by atoms with Crippen molar-refractivity contribution in [1.29, 1.82) is 0 Å². The van der Waals surface area contributed by atoms with Gasteiger partial charge in [-0.1, -0.05) is 104 Å². The van der Waals surface area contributed by atoms with E-state index in [-0.39, 0.29) is 12.8 Å². The van der Waals surface area contributed by atoms with Gasteiger partial charge < -0.3 is 0 Å². The molecule has 37 heavy (non-hydrogen) atoms. The molecule has 2 aliphatic carbocycles. The van der Waals surface area contributed by atoms with Crippen molar-refractivity contribution in [3.8, 4) is 0 Å². The fourth-order valence-corrected chi connectivity index (χ4v) is 4.87. The van der Waals surface area contributed by atoms with E-state index in [9.17, 15) is 43.2 Å². The Hall–Kier alpha value is -1.30. The Labute approximate surface area is 220 Å². The molecule has 12 heteroatoms. The number of hydrogen-bond acceptors (Lipinski definition) is 4. The average molecular weight is 587 g/mol. The summed E-state index contributed by atoms with van der Waals surface area (Å²) in [6, 6.07) is 12.0. The molecule has 2 bridgehead atoms. The number of rotatable bonds is 4. The van der Waals surface area contributed by atoms with Crippen LogP contribution in [0.5, 0.6) is 0 Å². The lowest BCUT2D eigenvalue weighted by molar-refractivity contribution is -0.0441. The summed E-state index contributed by atoms with van der Waals surface area (Å²) in [6.45, 7) is 10.8. The lowest BCUT2D eigenvalue weighted by Gasteiger charge is -2.05. The minimum atomic E-state index is -5.08. The second kappa shape index (κ2) is 20.6. The van der Waals surface area contributed by atoms with E-state index in [2.05, 4.69) is 0 Å². The molecule has 2 aliphatic rings. The summed E-state index contributed by atoms with van der Waals surface area (Å²) in [5, 5.41) is 0. The minimum Gasteiger partial charge on any atom is -0.220 e. The smallest absolute Gasteiger partial charge is 0.220 e. The van der Waals surface area contributed by atoms with Gasteiger partial charge in [0.2, 0.25) is 19.7 Å². The first kappa shape index (κ1) is 40.2. The van der Waals surface area contributed by atoms with Gasteiger partial charge in [0.05, 0.1) is 11.5 Å². The molecule has 0 aromatic heterocycles. The average Bonchev–Trinajstić information content (AvgIpc) is 3.49. The highest BCUT2D eigenvalue weighted by atomic mass is 32.2. The monoisotopic (exact) mass is 586 g/mol. The van der Waals surface area contributed by atoms with E-state index in [1.807, 2.05) is 64.1 Å². The van der Waals surface area contributed by atoms with Gasteiger partial charge in [-0.2, -0.15) is 26.3 Å². The van der Waals surface area contributed by atoms with Gasteiger partial charge in [-0.3, -0.25) is 0 Å². The van der Waals surface area contributed by atoms with Gasteiger partial charge in [-0.25, -0.2) is 16.8 Å². The molecule has 1 aromatic carbocycles. The number of alkyl halides is 6. The van der Waals surface area contributed by atoms with Crippen molar-refractivity contribution in [2.24, 2.45) is 11.8 Å². The first-order valence-electron chi connectivity index (χ1n) is 12.6. The molecule has 0 N–H and O–H groups in total. The van der Waals surface area contributed by atoms with Crippen molar-refractivity contribution >= 4 is 19.7 Å². The molecule has 2 saturated carbocycles. The molecule has 0 aliphatic heterocycles. The van der Waals surface area contributed by atoms with Crippen molar-refractivity contribution in [3.63, 3.8) is 0 Å². The van der Waals surface area contributed by atoms with Gasteiger partial charge >= 0.3 is 11.0 Å². The van der Waals surface area contributed by atoms with E-state index in [1.165, 1.54) is 25.7 Å². The van der Waals surface area contributed by atoms with Crippen LogP contribution in [-0.4, -0.2) is 39.4 Å². The molecule has 0 spiro atoms. The molecule has 222 valence electrons. The van der Waals surface area contributed by atoms with E-state index in [0.717, 1.165) is 0 Å². The maximum atomic E-state index is 11.4. The number of hydrogen-bond donors (Lipinski definition) is 0. The van der Waals surface area contributed by atoms with Gasteiger partial charge in [-0.05, 0) is 31.1 Å². The summed E-state index contributed by atoms with van der Waals surface area (Å²) in [6.07, 6.45) is 7.80. The molecular formula is C25H44F6O4S2. The van der Waals surface area contributed by atoms with Gasteiger partial charge in [0, 0.05) is 0 Å². The molecule has 0 unspecified atom stereocenters. The summed E-state index contributed by atoms with van der Waals surface area (Å²) in [5.41, 5.74) is -10.2. The topological polar surface area (TPSA) is 68.3 Å². The number of halogens is 6. The molecule has 3 rings (SSSR count). The standard InChI is InChI=1S/C7H12.C6H6.2C4H7F3O2S.2C2H6/c1-2-7-4-3-6(1)5-7;1-2-4-6-5-3-1;2*1-2-3-10(8,9)4(5,6)7;2*1-2/h6-7H,1-5H2;1-6H;2*2-3H2,1H3;2*1-2H3. The molecule has 2 fully saturated rings. The molecule has 0 radical (unpaired) electrons. The summed E-state index contributed by atoms with van der Waals surface area (Å²) in [5.74, 6) is 0.697. The Bertz CT molecular complexity index is 763. The summed E-state index contributed by atoms with van der Waals surface area (Å²) >= 11 is 0. The molecule has 1 aromatic rings. The Kier molecular flexibility index (Phi) is 22.4. The molecular weight excluding hydrogens is 542 g/mol. The third-order valence-electron chi connectivity index (χ3n) is 4.95. The zero-order valence-corrected chi connectivity index (χ0v) is 24.3. The molecule has 0 heterocycles. The largest absolute Gasteiger partial charge is 0.497 e. The molecule has 0 saturated heterocycles. The van der Waals surface area contributed by atoms with E-state index in [0.29, 0.717) is 0 Å². The zero-order valence-electron chi connectivity index (χ0n) is 22.7. The second-order valence-electron chi connectivity index (χ2n) is 7.81. The zero-order chi connectivity index (χ0) is 29.8. The quantitative estimate of drug-likeness (QED) is 0.331. The van der Waals surface area contributed by atoms with Crippen molar-refractivity contribution in [1.82, 2.24) is 0 Å². The van der Waals surface area contributed by atoms with Crippen LogP contribution in [0, 0.1) is 11.8 Å². The van der Waals surface area contributed by atoms with Crippen molar-refractivity contribution < 1.29 is 43.2 Å².